The van der Waals surface area contributed by atoms with Crippen LogP contribution in [0.5, 0.6) is 0 Å². The monoisotopic (exact) mass is 314 g/mol. The molecule has 0 heterocycles. The maximum Gasteiger partial charge on any atom is 0.328 e. The number of anilines is 1. The van der Waals surface area contributed by atoms with E-state index in [1.165, 1.54) is 4.90 Å². The largest absolute Gasteiger partial charge is 0.380 e. The zero-order valence-electron chi connectivity index (χ0n) is 12.6. The van der Waals surface area contributed by atoms with Crippen molar-refractivity contribution in [1.29, 1.82) is 5.41 Å². The molecule has 1 aromatic rings. The predicted molar refractivity (Wildman–Crippen MR) is 87.4 cm³/mol. The van der Waals surface area contributed by atoms with E-state index in [9.17, 15) is 4.79 Å². The average molecular weight is 315 g/mol. The SMILES string of the molecule is CCOCCNC(=O)N(C(=N)N)c1c(C)cccc1C.Cl. The number of carbonyl (C=O) groups is 1. The van der Waals surface area contributed by atoms with Crippen LogP contribution in [0, 0.1) is 19.3 Å². The lowest BCUT2D eigenvalue weighted by Crippen LogP contribution is -2.48. The van der Waals surface area contributed by atoms with Gasteiger partial charge in [0.15, 0.2) is 0 Å². The summed E-state index contributed by atoms with van der Waals surface area (Å²) in [6.45, 7) is 7.06. The first kappa shape index (κ1) is 19.2. The molecule has 0 atom stereocenters. The number of nitrogens with zero attached hydrogens (tertiary/aromatic N) is 1. The standard InChI is InChI=1S/C14H22N4O2.ClH/c1-4-20-9-8-17-14(19)18(13(15)16)12-10(2)6-5-7-11(12)3;/h5-7H,4,8-9H2,1-3H3,(H3,15,16)(H,17,19);1H. The highest BCUT2D eigenvalue weighted by atomic mass is 35.5. The molecule has 0 saturated heterocycles. The van der Waals surface area contributed by atoms with Crippen LogP contribution in [0.1, 0.15) is 18.1 Å². The topological polar surface area (TPSA) is 91.4 Å². The normalized spacial score (nSPS) is 9.67. The van der Waals surface area contributed by atoms with E-state index in [4.69, 9.17) is 15.9 Å². The minimum Gasteiger partial charge on any atom is -0.380 e. The number of rotatable bonds is 5. The molecule has 4 N–H and O–H groups in total. The Morgan fingerprint density at radius 1 is 1.38 bits per heavy atom. The second-order valence-electron chi connectivity index (χ2n) is 4.39. The fourth-order valence-electron chi connectivity index (χ4n) is 1.94. The number of halogens is 1. The molecule has 21 heavy (non-hydrogen) atoms. The lowest BCUT2D eigenvalue weighted by Gasteiger charge is -2.24. The molecule has 0 bridgehead atoms. The lowest BCUT2D eigenvalue weighted by molar-refractivity contribution is 0.150. The number of para-hydroxylation sites is 1. The summed E-state index contributed by atoms with van der Waals surface area (Å²) >= 11 is 0. The Morgan fingerprint density at radius 3 is 2.43 bits per heavy atom. The number of aryl methyl sites for hydroxylation is 2. The van der Waals surface area contributed by atoms with Gasteiger partial charge in [0.05, 0.1) is 12.3 Å². The molecule has 0 radical (unpaired) electrons. The van der Waals surface area contributed by atoms with Gasteiger partial charge in [-0.15, -0.1) is 12.4 Å². The quantitative estimate of drug-likeness (QED) is 0.442. The molecular formula is C14H23ClN4O2. The van der Waals surface area contributed by atoms with Crippen molar-refractivity contribution in [2.75, 3.05) is 24.7 Å². The maximum atomic E-state index is 12.2. The minimum absolute atomic E-state index is 0. The molecule has 0 spiro atoms. The van der Waals surface area contributed by atoms with Crippen LogP contribution in [0.4, 0.5) is 10.5 Å². The molecule has 0 aliphatic rings. The van der Waals surface area contributed by atoms with Gasteiger partial charge in [-0.2, -0.15) is 0 Å². The number of urea groups is 1. The second kappa shape index (κ2) is 9.20. The molecule has 1 aromatic carbocycles. The van der Waals surface area contributed by atoms with Crippen molar-refractivity contribution in [2.45, 2.75) is 20.8 Å². The number of guanidine groups is 1. The first-order valence-electron chi connectivity index (χ1n) is 6.55. The molecule has 2 amide bonds. The van der Waals surface area contributed by atoms with E-state index in [0.29, 0.717) is 25.4 Å². The molecule has 0 saturated carbocycles. The number of hydrogen-bond donors (Lipinski definition) is 3. The molecular weight excluding hydrogens is 292 g/mol. The van der Waals surface area contributed by atoms with Crippen molar-refractivity contribution < 1.29 is 9.53 Å². The van der Waals surface area contributed by atoms with Crippen molar-refractivity contribution in [3.05, 3.63) is 29.3 Å². The van der Waals surface area contributed by atoms with Crippen LogP contribution in [-0.4, -0.2) is 31.7 Å². The summed E-state index contributed by atoms with van der Waals surface area (Å²) in [6, 6.07) is 5.24. The highest BCUT2D eigenvalue weighted by Crippen LogP contribution is 2.24. The minimum atomic E-state index is -0.422. The number of benzene rings is 1. The summed E-state index contributed by atoms with van der Waals surface area (Å²) in [6.07, 6.45) is 0. The summed E-state index contributed by atoms with van der Waals surface area (Å²) < 4.78 is 5.16. The number of nitrogens with two attached hydrogens (primary N) is 1. The third-order valence-electron chi connectivity index (χ3n) is 2.83. The van der Waals surface area contributed by atoms with Gasteiger partial charge in [-0.25, -0.2) is 9.69 Å². The summed E-state index contributed by atoms with van der Waals surface area (Å²) in [5, 5.41) is 10.3. The van der Waals surface area contributed by atoms with Crippen LogP contribution < -0.4 is 16.0 Å². The fourth-order valence-corrected chi connectivity index (χ4v) is 1.94. The number of nitrogens with one attached hydrogen (secondary N) is 2. The molecule has 118 valence electrons. The van der Waals surface area contributed by atoms with Gasteiger partial charge in [-0.1, -0.05) is 18.2 Å². The molecule has 0 aliphatic heterocycles. The number of amides is 2. The summed E-state index contributed by atoms with van der Waals surface area (Å²) in [5.74, 6) is -0.309. The zero-order valence-corrected chi connectivity index (χ0v) is 13.4. The predicted octanol–water partition coefficient (Wildman–Crippen LogP) is 2.17. The maximum absolute atomic E-state index is 12.2. The van der Waals surface area contributed by atoms with E-state index in [2.05, 4.69) is 5.32 Å². The molecule has 0 aliphatic carbocycles. The van der Waals surface area contributed by atoms with Crippen LogP contribution in [0.25, 0.3) is 0 Å². The lowest BCUT2D eigenvalue weighted by atomic mass is 10.1. The second-order valence-corrected chi connectivity index (χ2v) is 4.39. The fraction of sp³-hybridized carbons (Fsp3) is 0.429. The molecule has 0 aromatic heterocycles. The van der Waals surface area contributed by atoms with Gasteiger partial charge in [-0.05, 0) is 31.9 Å². The molecule has 0 fully saturated rings. The highest BCUT2D eigenvalue weighted by molar-refractivity contribution is 6.14. The van der Waals surface area contributed by atoms with E-state index < -0.39 is 6.03 Å². The number of hydrogen-bond acceptors (Lipinski definition) is 3. The van der Waals surface area contributed by atoms with Crippen LogP contribution in [0.2, 0.25) is 0 Å². The van der Waals surface area contributed by atoms with E-state index in [1.54, 1.807) is 0 Å². The third-order valence-corrected chi connectivity index (χ3v) is 2.83. The van der Waals surface area contributed by atoms with Crippen molar-refractivity contribution in [3.8, 4) is 0 Å². The van der Waals surface area contributed by atoms with Gasteiger partial charge in [0.25, 0.3) is 0 Å². The Morgan fingerprint density at radius 2 is 1.95 bits per heavy atom. The summed E-state index contributed by atoms with van der Waals surface area (Å²) in [5.41, 5.74) is 7.98. The van der Waals surface area contributed by atoms with Crippen molar-refractivity contribution in [2.24, 2.45) is 5.73 Å². The highest BCUT2D eigenvalue weighted by Gasteiger charge is 2.21. The van der Waals surface area contributed by atoms with E-state index >= 15 is 0 Å². The van der Waals surface area contributed by atoms with Gasteiger partial charge in [0.1, 0.15) is 0 Å². The Kier molecular flexibility index (Phi) is 8.42. The Balaban J connectivity index is 0.00000400. The van der Waals surface area contributed by atoms with E-state index in [0.717, 1.165) is 11.1 Å². The van der Waals surface area contributed by atoms with Crippen molar-refractivity contribution >= 4 is 30.1 Å². The van der Waals surface area contributed by atoms with Gasteiger partial charge in [0.2, 0.25) is 5.96 Å². The Labute approximate surface area is 131 Å². The van der Waals surface area contributed by atoms with Gasteiger partial charge in [0, 0.05) is 13.2 Å². The van der Waals surface area contributed by atoms with Crippen LogP contribution >= 0.6 is 12.4 Å². The van der Waals surface area contributed by atoms with Crippen molar-refractivity contribution in [3.63, 3.8) is 0 Å². The van der Waals surface area contributed by atoms with E-state index in [-0.39, 0.29) is 18.4 Å². The molecule has 0 unspecified atom stereocenters. The van der Waals surface area contributed by atoms with Gasteiger partial charge in [-0.3, -0.25) is 5.41 Å². The summed E-state index contributed by atoms with van der Waals surface area (Å²) in [4.78, 5) is 13.4. The van der Waals surface area contributed by atoms with Crippen LogP contribution in [0.3, 0.4) is 0 Å². The molecule has 6 nitrogen and oxygen atoms in total. The van der Waals surface area contributed by atoms with Gasteiger partial charge >= 0.3 is 6.03 Å². The first-order valence-corrected chi connectivity index (χ1v) is 6.55. The first-order chi connectivity index (χ1) is 9.49. The summed E-state index contributed by atoms with van der Waals surface area (Å²) in [7, 11) is 0. The number of ether oxygens (including phenoxy) is 1. The molecule has 1 rings (SSSR count). The van der Waals surface area contributed by atoms with Crippen molar-refractivity contribution in [1.82, 2.24) is 5.32 Å². The number of carbonyl (C=O) groups excluding carboxylic acids is 1. The van der Waals surface area contributed by atoms with E-state index in [1.807, 2.05) is 39.0 Å². The molecule has 7 heteroatoms. The smallest absolute Gasteiger partial charge is 0.328 e. The Hall–Kier alpha value is -1.79. The third kappa shape index (κ3) is 5.24. The van der Waals surface area contributed by atoms with Gasteiger partial charge < -0.3 is 15.8 Å². The average Bonchev–Trinajstić information content (AvgIpc) is 2.38. The zero-order chi connectivity index (χ0) is 15.1. The van der Waals surface area contributed by atoms with Crippen LogP contribution in [-0.2, 0) is 4.74 Å². The van der Waals surface area contributed by atoms with Crippen LogP contribution in [0.15, 0.2) is 18.2 Å². The Bertz CT molecular complexity index is 474.